The highest BCUT2D eigenvalue weighted by Gasteiger charge is 2.25. The van der Waals surface area contributed by atoms with Gasteiger partial charge in [0.15, 0.2) is 11.5 Å². The molecule has 2 aromatic heterocycles. The zero-order valence-corrected chi connectivity index (χ0v) is 24.8. The summed E-state index contributed by atoms with van der Waals surface area (Å²) in [6, 6.07) is 11.3. The molecule has 0 radical (unpaired) electrons. The van der Waals surface area contributed by atoms with Crippen molar-refractivity contribution in [2.75, 3.05) is 5.32 Å². The van der Waals surface area contributed by atoms with Gasteiger partial charge in [0.25, 0.3) is 5.91 Å². The lowest BCUT2D eigenvalue weighted by Crippen LogP contribution is -2.30. The fourth-order valence-electron chi connectivity index (χ4n) is 5.07. The van der Waals surface area contributed by atoms with Crippen LogP contribution in [0.15, 0.2) is 48.7 Å². The van der Waals surface area contributed by atoms with Gasteiger partial charge in [-0.05, 0) is 55.2 Å². The highest BCUT2D eigenvalue weighted by atomic mass is 35.5. The number of aromatic nitrogens is 5. The summed E-state index contributed by atoms with van der Waals surface area (Å²) in [6.45, 7) is 5.30. The number of rotatable bonds is 6. The zero-order chi connectivity index (χ0) is 30.7. The molecule has 2 aromatic carbocycles. The summed E-state index contributed by atoms with van der Waals surface area (Å²) >= 11 is 5.94. The van der Waals surface area contributed by atoms with Gasteiger partial charge in [-0.15, -0.1) is 5.10 Å². The van der Waals surface area contributed by atoms with Crippen LogP contribution in [0.2, 0.25) is 5.02 Å². The van der Waals surface area contributed by atoms with E-state index in [1.165, 1.54) is 16.8 Å². The lowest BCUT2D eigenvalue weighted by Gasteiger charge is -2.22. The average Bonchev–Trinajstić information content (AvgIpc) is 3.38. The van der Waals surface area contributed by atoms with Gasteiger partial charge < -0.3 is 10.6 Å². The van der Waals surface area contributed by atoms with E-state index in [0.717, 1.165) is 11.1 Å². The van der Waals surface area contributed by atoms with Crippen molar-refractivity contribution in [3.63, 3.8) is 0 Å². The molecular weight excluding hydrogens is 573 g/mol. The summed E-state index contributed by atoms with van der Waals surface area (Å²) in [5.41, 5.74) is 3.69. The number of ketones is 1. The standard InChI is InChI=1S/C31H31ClFN7O3/c1-4-21(41)13-19-11-12-22-25(14-19)36-30(42)17(2)7-5-9-24(20-15-26(22)37-34-16-20)35-31(43)29-18(3)40(39-38-29)27-10-6-8-23(32)28(27)33/h6,8,10-12,14-17,24H,4-5,7,9,13H2,1-3H3,(H,35,43)(H,36,42)/t17?,24-/m1/s1. The molecule has 2 atom stereocenters. The Kier molecular flexibility index (Phi) is 8.91. The van der Waals surface area contributed by atoms with Gasteiger partial charge in [0.05, 0.1) is 34.3 Å². The van der Waals surface area contributed by atoms with Crippen LogP contribution in [0.25, 0.3) is 16.9 Å². The molecule has 10 nitrogen and oxygen atoms in total. The van der Waals surface area contributed by atoms with Crippen LogP contribution in [-0.2, 0) is 16.0 Å². The Balaban J connectivity index is 1.48. The predicted octanol–water partition coefficient (Wildman–Crippen LogP) is 5.58. The number of benzene rings is 2. The van der Waals surface area contributed by atoms with Crippen molar-refractivity contribution in [3.8, 4) is 16.9 Å². The van der Waals surface area contributed by atoms with Crippen LogP contribution >= 0.6 is 11.6 Å². The zero-order valence-electron chi connectivity index (χ0n) is 24.0. The number of fused-ring (bicyclic) bond motifs is 4. The van der Waals surface area contributed by atoms with Gasteiger partial charge in [-0.1, -0.05) is 55.3 Å². The summed E-state index contributed by atoms with van der Waals surface area (Å²) < 4.78 is 15.9. The minimum absolute atomic E-state index is 0.0416. The van der Waals surface area contributed by atoms with Gasteiger partial charge in [-0.2, -0.15) is 10.2 Å². The Bertz CT molecular complexity index is 1710. The van der Waals surface area contributed by atoms with Crippen molar-refractivity contribution in [2.24, 2.45) is 5.92 Å². The normalized spacial score (nSPS) is 16.8. The smallest absolute Gasteiger partial charge is 0.274 e. The monoisotopic (exact) mass is 603 g/mol. The molecule has 1 aliphatic heterocycles. The molecule has 5 rings (SSSR count). The van der Waals surface area contributed by atoms with Gasteiger partial charge in [0.2, 0.25) is 5.91 Å². The molecule has 1 unspecified atom stereocenters. The highest BCUT2D eigenvalue weighted by Crippen LogP contribution is 2.32. The summed E-state index contributed by atoms with van der Waals surface area (Å²) in [5.74, 6) is -1.50. The SMILES string of the molecule is CCC(=O)Cc1ccc2c(c1)NC(=O)C(C)CCC[C@@H](NC(=O)c1nnn(-c3cccc(Cl)c3F)c1C)c1cnnc-2c1. The predicted molar refractivity (Wildman–Crippen MR) is 159 cm³/mol. The van der Waals surface area contributed by atoms with Crippen LogP contribution in [0.5, 0.6) is 0 Å². The average molecular weight is 604 g/mol. The van der Waals surface area contributed by atoms with E-state index in [1.807, 2.05) is 38.1 Å². The summed E-state index contributed by atoms with van der Waals surface area (Å²) in [7, 11) is 0. The van der Waals surface area contributed by atoms with Crippen LogP contribution in [0.3, 0.4) is 0 Å². The Morgan fingerprint density at radius 3 is 2.77 bits per heavy atom. The molecule has 2 N–H and O–H groups in total. The number of carbonyl (C=O) groups excluding carboxylic acids is 3. The Morgan fingerprint density at radius 1 is 1.16 bits per heavy atom. The van der Waals surface area contributed by atoms with E-state index in [-0.39, 0.29) is 40.4 Å². The van der Waals surface area contributed by atoms with Crippen molar-refractivity contribution >= 4 is 34.9 Å². The maximum Gasteiger partial charge on any atom is 0.274 e. The number of nitrogens with zero attached hydrogens (tertiary/aromatic N) is 5. The molecule has 43 heavy (non-hydrogen) atoms. The summed E-state index contributed by atoms with van der Waals surface area (Å²) in [4.78, 5) is 38.7. The third-order valence-corrected chi connectivity index (χ3v) is 7.94. The molecule has 2 bridgehead atoms. The summed E-state index contributed by atoms with van der Waals surface area (Å²) in [5, 5.41) is 22.5. The number of halogens is 2. The van der Waals surface area contributed by atoms with E-state index in [9.17, 15) is 18.8 Å². The second-order valence-corrected chi connectivity index (χ2v) is 11.1. The number of amides is 2. The van der Waals surface area contributed by atoms with Crippen LogP contribution in [0, 0.1) is 18.7 Å². The Labute approximate surface area is 253 Å². The Hall–Kier alpha value is -4.51. The van der Waals surface area contributed by atoms with E-state index in [0.29, 0.717) is 48.3 Å². The van der Waals surface area contributed by atoms with Crippen molar-refractivity contribution < 1.29 is 18.8 Å². The minimum atomic E-state index is -0.665. The number of nitrogens with one attached hydrogen (secondary N) is 2. The molecule has 0 saturated carbocycles. The van der Waals surface area contributed by atoms with E-state index in [1.54, 1.807) is 19.2 Å². The van der Waals surface area contributed by atoms with Gasteiger partial charge in [0, 0.05) is 24.3 Å². The van der Waals surface area contributed by atoms with Crippen molar-refractivity contribution in [1.82, 2.24) is 30.5 Å². The Morgan fingerprint density at radius 2 is 1.98 bits per heavy atom. The molecule has 0 saturated heterocycles. The second-order valence-electron chi connectivity index (χ2n) is 10.7. The number of anilines is 1. The molecule has 12 heteroatoms. The number of Topliss-reactive ketones (excluding diaryl/α,β-unsaturated/α-hetero) is 1. The molecule has 2 amide bonds. The largest absolute Gasteiger partial charge is 0.344 e. The maximum absolute atomic E-state index is 14.7. The minimum Gasteiger partial charge on any atom is -0.344 e. The maximum atomic E-state index is 14.7. The van der Waals surface area contributed by atoms with Gasteiger partial charge in [-0.3, -0.25) is 14.4 Å². The first-order chi connectivity index (χ1) is 20.7. The quantitative estimate of drug-likeness (QED) is 0.294. The molecular formula is C31H31ClFN7O3. The lowest BCUT2D eigenvalue weighted by molar-refractivity contribution is -0.119. The fraction of sp³-hybridized carbons (Fsp3) is 0.323. The van der Waals surface area contributed by atoms with E-state index >= 15 is 0 Å². The fourth-order valence-corrected chi connectivity index (χ4v) is 5.24. The van der Waals surface area contributed by atoms with E-state index in [4.69, 9.17) is 11.6 Å². The third kappa shape index (κ3) is 6.46. The van der Waals surface area contributed by atoms with Crippen LogP contribution in [0.4, 0.5) is 10.1 Å². The summed E-state index contributed by atoms with van der Waals surface area (Å²) in [6.07, 6.45) is 4.03. The van der Waals surface area contributed by atoms with Crippen LogP contribution < -0.4 is 10.6 Å². The highest BCUT2D eigenvalue weighted by molar-refractivity contribution is 6.30. The van der Waals surface area contributed by atoms with Crippen molar-refractivity contribution in [3.05, 3.63) is 82.0 Å². The molecule has 1 aliphatic rings. The number of carbonyl (C=O) groups is 3. The van der Waals surface area contributed by atoms with Crippen molar-refractivity contribution in [2.45, 2.75) is 58.9 Å². The third-order valence-electron chi connectivity index (χ3n) is 7.64. The molecule has 3 heterocycles. The van der Waals surface area contributed by atoms with Crippen LogP contribution in [-0.4, -0.2) is 42.8 Å². The second kappa shape index (κ2) is 12.8. The molecule has 0 aliphatic carbocycles. The first kappa shape index (κ1) is 30.0. The van der Waals surface area contributed by atoms with Gasteiger partial charge in [-0.25, -0.2) is 9.07 Å². The van der Waals surface area contributed by atoms with E-state index in [2.05, 4.69) is 31.1 Å². The topological polar surface area (TPSA) is 132 Å². The van der Waals surface area contributed by atoms with Gasteiger partial charge in [0.1, 0.15) is 11.5 Å². The first-order valence-electron chi connectivity index (χ1n) is 14.1. The molecule has 0 fully saturated rings. The molecule has 4 aromatic rings. The van der Waals surface area contributed by atoms with E-state index < -0.39 is 17.8 Å². The first-order valence-corrected chi connectivity index (χ1v) is 14.5. The van der Waals surface area contributed by atoms with Crippen molar-refractivity contribution in [1.29, 1.82) is 0 Å². The number of hydrogen-bond donors (Lipinski definition) is 2. The lowest BCUT2D eigenvalue weighted by atomic mass is 9.94. The molecule has 222 valence electrons. The van der Waals surface area contributed by atoms with Gasteiger partial charge >= 0.3 is 0 Å². The van der Waals surface area contributed by atoms with Crippen LogP contribution in [0.1, 0.15) is 72.9 Å². The molecule has 0 spiro atoms. The number of hydrogen-bond acceptors (Lipinski definition) is 7.